The summed E-state index contributed by atoms with van der Waals surface area (Å²) in [4.78, 5) is 13.2. The van der Waals surface area contributed by atoms with Crippen molar-refractivity contribution in [3.8, 4) is 0 Å². The van der Waals surface area contributed by atoms with Gasteiger partial charge in [0, 0.05) is 32.5 Å². The van der Waals surface area contributed by atoms with Gasteiger partial charge in [0.05, 0.1) is 25.9 Å². The predicted molar refractivity (Wildman–Crippen MR) is 67.8 cm³/mol. The van der Waals surface area contributed by atoms with Crippen molar-refractivity contribution in [3.05, 3.63) is 0 Å². The number of ether oxygens (including phenoxy) is 3. The summed E-state index contributed by atoms with van der Waals surface area (Å²) < 4.78 is 17.2. The van der Waals surface area contributed by atoms with E-state index in [1.54, 1.807) is 4.90 Å². The highest BCUT2D eigenvalue weighted by Gasteiger charge is 2.40. The largest absolute Gasteiger partial charge is 0.376 e. The fourth-order valence-electron chi connectivity index (χ4n) is 3.04. The van der Waals surface area contributed by atoms with E-state index in [0.717, 1.165) is 52.0 Å². The number of carbonyl (C=O) groups is 1. The van der Waals surface area contributed by atoms with Crippen molar-refractivity contribution in [3.63, 3.8) is 0 Å². The molecule has 0 aromatic heterocycles. The van der Waals surface area contributed by atoms with Crippen molar-refractivity contribution in [2.24, 2.45) is 0 Å². The van der Waals surface area contributed by atoms with Gasteiger partial charge < -0.3 is 24.4 Å². The molecular formula is C13H22N2O4. The Morgan fingerprint density at radius 2 is 2.05 bits per heavy atom. The molecule has 2 amide bonds. The molecule has 0 aromatic rings. The second-order valence-electron chi connectivity index (χ2n) is 5.40. The number of hydrogen-bond acceptors (Lipinski definition) is 4. The minimum atomic E-state index is -0.311. The van der Waals surface area contributed by atoms with Crippen LogP contribution in [0, 0.1) is 0 Å². The molecule has 1 spiro atoms. The minimum absolute atomic E-state index is 0.0268. The van der Waals surface area contributed by atoms with Crippen LogP contribution in [0.5, 0.6) is 0 Å². The second kappa shape index (κ2) is 5.64. The fraction of sp³-hybridized carbons (Fsp3) is 0.923. The summed E-state index contributed by atoms with van der Waals surface area (Å²) in [5.74, 6) is -0.311. The van der Waals surface area contributed by atoms with E-state index in [0.29, 0.717) is 13.2 Å². The highest BCUT2D eigenvalue weighted by atomic mass is 16.7. The SMILES string of the molecule is O=C1NCCN1CCOC1CCC2(CC1)OCCO2. The summed E-state index contributed by atoms with van der Waals surface area (Å²) in [5, 5.41) is 2.79. The Bertz CT molecular complexity index is 321. The maximum Gasteiger partial charge on any atom is 0.317 e. The second-order valence-corrected chi connectivity index (χ2v) is 5.40. The number of hydrogen-bond donors (Lipinski definition) is 1. The van der Waals surface area contributed by atoms with E-state index in [2.05, 4.69) is 5.32 Å². The molecule has 3 rings (SSSR count). The van der Waals surface area contributed by atoms with Crippen molar-refractivity contribution in [2.75, 3.05) is 39.5 Å². The van der Waals surface area contributed by atoms with Crippen molar-refractivity contribution >= 4 is 6.03 Å². The van der Waals surface area contributed by atoms with Crippen molar-refractivity contribution in [1.29, 1.82) is 0 Å². The molecule has 0 aromatic carbocycles. The zero-order valence-electron chi connectivity index (χ0n) is 11.2. The van der Waals surface area contributed by atoms with Crippen LogP contribution in [0.15, 0.2) is 0 Å². The Morgan fingerprint density at radius 3 is 2.68 bits per heavy atom. The van der Waals surface area contributed by atoms with Crippen molar-refractivity contribution in [1.82, 2.24) is 10.2 Å². The fourth-order valence-corrected chi connectivity index (χ4v) is 3.04. The van der Waals surface area contributed by atoms with E-state index < -0.39 is 0 Å². The van der Waals surface area contributed by atoms with Gasteiger partial charge in [-0.3, -0.25) is 0 Å². The lowest BCUT2D eigenvalue weighted by Gasteiger charge is -2.35. The molecule has 6 heteroatoms. The molecule has 0 radical (unpaired) electrons. The van der Waals surface area contributed by atoms with Gasteiger partial charge in [-0.1, -0.05) is 0 Å². The summed E-state index contributed by atoms with van der Waals surface area (Å²) in [6, 6.07) is 0.0268. The number of rotatable bonds is 4. The highest BCUT2D eigenvalue weighted by molar-refractivity contribution is 5.76. The molecule has 2 heterocycles. The normalized spacial score (nSPS) is 27.2. The average Bonchev–Trinajstić information content (AvgIpc) is 3.03. The Labute approximate surface area is 113 Å². The van der Waals surface area contributed by atoms with Gasteiger partial charge in [-0.25, -0.2) is 4.79 Å². The first-order chi connectivity index (χ1) is 9.27. The van der Waals surface area contributed by atoms with Gasteiger partial charge >= 0.3 is 6.03 Å². The third-order valence-electron chi connectivity index (χ3n) is 4.17. The molecular weight excluding hydrogens is 248 g/mol. The molecule has 2 saturated heterocycles. The summed E-state index contributed by atoms with van der Waals surface area (Å²) >= 11 is 0. The molecule has 0 bridgehead atoms. The van der Waals surface area contributed by atoms with Crippen LogP contribution in [0.4, 0.5) is 4.79 Å². The number of nitrogens with zero attached hydrogens (tertiary/aromatic N) is 1. The van der Waals surface area contributed by atoms with E-state index in [1.165, 1.54) is 0 Å². The number of urea groups is 1. The van der Waals surface area contributed by atoms with Gasteiger partial charge in [0.15, 0.2) is 5.79 Å². The molecule has 1 saturated carbocycles. The molecule has 3 aliphatic rings. The van der Waals surface area contributed by atoms with E-state index in [4.69, 9.17) is 14.2 Å². The lowest BCUT2D eigenvalue weighted by atomic mass is 9.92. The van der Waals surface area contributed by atoms with Gasteiger partial charge in [0.1, 0.15) is 0 Å². The Hall–Kier alpha value is -0.850. The summed E-state index contributed by atoms with van der Waals surface area (Å²) in [7, 11) is 0. The molecule has 6 nitrogen and oxygen atoms in total. The molecule has 108 valence electrons. The van der Waals surface area contributed by atoms with Crippen LogP contribution in [-0.4, -0.2) is 62.3 Å². The first-order valence-electron chi connectivity index (χ1n) is 7.20. The van der Waals surface area contributed by atoms with Crippen LogP contribution in [0.25, 0.3) is 0 Å². The standard InChI is InChI=1S/C13H22N2O4/c16-12-14-5-6-15(12)7-8-17-11-1-3-13(4-2-11)18-9-10-19-13/h11H,1-10H2,(H,14,16). The van der Waals surface area contributed by atoms with Gasteiger partial charge in [0.25, 0.3) is 0 Å². The Morgan fingerprint density at radius 1 is 1.32 bits per heavy atom. The Kier molecular flexibility index (Phi) is 3.91. The molecule has 1 N–H and O–H groups in total. The predicted octanol–water partition coefficient (Wildman–Crippen LogP) is 0.714. The van der Waals surface area contributed by atoms with Crippen molar-refractivity contribution in [2.45, 2.75) is 37.6 Å². The summed E-state index contributed by atoms with van der Waals surface area (Å²) in [5.41, 5.74) is 0. The number of carbonyl (C=O) groups excluding carboxylic acids is 1. The van der Waals surface area contributed by atoms with Crippen LogP contribution in [0.2, 0.25) is 0 Å². The van der Waals surface area contributed by atoms with Crippen LogP contribution in [-0.2, 0) is 14.2 Å². The summed E-state index contributed by atoms with van der Waals surface area (Å²) in [6.07, 6.45) is 4.08. The van der Waals surface area contributed by atoms with Crippen LogP contribution < -0.4 is 5.32 Å². The topological polar surface area (TPSA) is 60.0 Å². The first-order valence-corrected chi connectivity index (χ1v) is 7.20. The molecule has 2 aliphatic heterocycles. The van der Waals surface area contributed by atoms with Gasteiger partial charge in [0.2, 0.25) is 0 Å². The zero-order chi connectivity index (χ0) is 13.1. The lowest BCUT2D eigenvalue weighted by Crippen LogP contribution is -2.38. The molecule has 19 heavy (non-hydrogen) atoms. The van der Waals surface area contributed by atoms with Gasteiger partial charge in [-0.15, -0.1) is 0 Å². The van der Waals surface area contributed by atoms with Crippen LogP contribution >= 0.6 is 0 Å². The zero-order valence-corrected chi connectivity index (χ0v) is 11.2. The number of amides is 2. The molecule has 0 atom stereocenters. The van der Waals surface area contributed by atoms with Crippen LogP contribution in [0.1, 0.15) is 25.7 Å². The van der Waals surface area contributed by atoms with E-state index in [1.807, 2.05) is 0 Å². The Balaban J connectivity index is 1.35. The maximum atomic E-state index is 11.4. The third-order valence-corrected chi connectivity index (χ3v) is 4.17. The van der Waals surface area contributed by atoms with Crippen LogP contribution in [0.3, 0.4) is 0 Å². The monoisotopic (exact) mass is 270 g/mol. The molecule has 1 aliphatic carbocycles. The lowest BCUT2D eigenvalue weighted by molar-refractivity contribution is -0.191. The van der Waals surface area contributed by atoms with E-state index in [9.17, 15) is 4.79 Å². The highest BCUT2D eigenvalue weighted by Crippen LogP contribution is 2.36. The van der Waals surface area contributed by atoms with E-state index >= 15 is 0 Å². The first kappa shape index (κ1) is 13.1. The number of nitrogens with one attached hydrogen (secondary N) is 1. The van der Waals surface area contributed by atoms with Gasteiger partial charge in [-0.05, 0) is 12.8 Å². The quantitative estimate of drug-likeness (QED) is 0.817. The summed E-state index contributed by atoms with van der Waals surface area (Å²) in [6.45, 7) is 4.27. The molecule has 3 fully saturated rings. The smallest absolute Gasteiger partial charge is 0.317 e. The van der Waals surface area contributed by atoms with E-state index in [-0.39, 0.29) is 17.9 Å². The third kappa shape index (κ3) is 3.01. The molecule has 0 unspecified atom stereocenters. The minimum Gasteiger partial charge on any atom is -0.376 e. The van der Waals surface area contributed by atoms with Crippen molar-refractivity contribution < 1.29 is 19.0 Å². The van der Waals surface area contributed by atoms with Gasteiger partial charge in [-0.2, -0.15) is 0 Å². The average molecular weight is 270 g/mol. The maximum absolute atomic E-state index is 11.4.